The first-order valence-electron chi connectivity index (χ1n) is 8.93. The number of rotatable bonds is 5. The van der Waals surface area contributed by atoms with Crippen LogP contribution in [0, 0.1) is 23.2 Å². The van der Waals surface area contributed by atoms with E-state index < -0.39 is 0 Å². The van der Waals surface area contributed by atoms with E-state index in [9.17, 15) is 4.79 Å². The Hall–Kier alpha value is -1.32. The number of nitrogens with one attached hydrogen (secondary N) is 1. The van der Waals surface area contributed by atoms with Crippen molar-refractivity contribution in [1.29, 1.82) is 0 Å². The van der Waals surface area contributed by atoms with E-state index in [0.29, 0.717) is 18.0 Å². The molecule has 0 radical (unpaired) electrons. The molecular weight excluding hydrogens is 274 g/mol. The standard InChI is InChI=1S/C18H27N3O/c1-2-16(20-17(22)12-21-5-3-4-19-21)18-9-13-6-14(10-18)8-15(7-13)11-18/h3-5,13-16H,2,6-12H2,1H3,(H,20,22)/t13?,14?,15?,16-,18?/m1/s1. The molecule has 0 saturated heterocycles. The second kappa shape index (κ2) is 5.39. The first kappa shape index (κ1) is 14.3. The van der Waals surface area contributed by atoms with Gasteiger partial charge < -0.3 is 5.32 Å². The summed E-state index contributed by atoms with van der Waals surface area (Å²) in [7, 11) is 0. The molecule has 4 aliphatic carbocycles. The number of amides is 1. The van der Waals surface area contributed by atoms with Gasteiger partial charge in [-0.05, 0) is 74.2 Å². The van der Waals surface area contributed by atoms with Gasteiger partial charge in [0, 0.05) is 18.4 Å². The van der Waals surface area contributed by atoms with Gasteiger partial charge >= 0.3 is 0 Å². The van der Waals surface area contributed by atoms with Crippen LogP contribution in [0.25, 0.3) is 0 Å². The number of carbonyl (C=O) groups is 1. The highest BCUT2D eigenvalue weighted by atomic mass is 16.2. The van der Waals surface area contributed by atoms with Gasteiger partial charge in [-0.2, -0.15) is 5.10 Å². The topological polar surface area (TPSA) is 46.9 Å². The van der Waals surface area contributed by atoms with Crippen LogP contribution in [0.5, 0.6) is 0 Å². The molecule has 1 aromatic rings. The van der Waals surface area contributed by atoms with Crippen LogP contribution in [0.15, 0.2) is 18.5 Å². The fourth-order valence-corrected chi connectivity index (χ4v) is 6.07. The van der Waals surface area contributed by atoms with Gasteiger partial charge in [-0.3, -0.25) is 9.48 Å². The molecule has 120 valence electrons. The van der Waals surface area contributed by atoms with Crippen molar-refractivity contribution in [3.63, 3.8) is 0 Å². The molecule has 1 aromatic heterocycles. The van der Waals surface area contributed by atoms with E-state index in [2.05, 4.69) is 17.3 Å². The highest BCUT2D eigenvalue weighted by Crippen LogP contribution is 2.61. The average molecular weight is 301 g/mol. The molecule has 1 amide bonds. The van der Waals surface area contributed by atoms with E-state index in [4.69, 9.17) is 0 Å². The molecule has 1 heterocycles. The average Bonchev–Trinajstić information content (AvgIpc) is 2.96. The monoisotopic (exact) mass is 301 g/mol. The number of hydrogen-bond acceptors (Lipinski definition) is 2. The Morgan fingerprint density at radius 2 is 1.91 bits per heavy atom. The largest absolute Gasteiger partial charge is 0.351 e. The lowest BCUT2D eigenvalue weighted by atomic mass is 9.47. The maximum absolute atomic E-state index is 12.4. The van der Waals surface area contributed by atoms with Crippen LogP contribution in [-0.4, -0.2) is 21.7 Å². The molecule has 0 spiro atoms. The molecule has 0 aromatic carbocycles. The molecule has 0 aliphatic heterocycles. The normalized spacial score (nSPS) is 37.2. The van der Waals surface area contributed by atoms with E-state index in [1.165, 1.54) is 38.5 Å². The smallest absolute Gasteiger partial charge is 0.241 e. The minimum atomic E-state index is 0.117. The Bertz CT molecular complexity index is 501. The Kier molecular flexibility index (Phi) is 3.50. The van der Waals surface area contributed by atoms with Gasteiger partial charge in [-0.15, -0.1) is 0 Å². The van der Waals surface area contributed by atoms with Crippen LogP contribution in [0.4, 0.5) is 0 Å². The predicted molar refractivity (Wildman–Crippen MR) is 85.1 cm³/mol. The Labute approximate surface area is 132 Å². The molecule has 4 saturated carbocycles. The number of nitrogens with zero attached hydrogens (tertiary/aromatic N) is 2. The zero-order chi connectivity index (χ0) is 15.2. The minimum absolute atomic E-state index is 0.117. The van der Waals surface area contributed by atoms with Crippen LogP contribution >= 0.6 is 0 Å². The quantitative estimate of drug-likeness (QED) is 0.909. The lowest BCUT2D eigenvalue weighted by Gasteiger charge is -2.59. The summed E-state index contributed by atoms with van der Waals surface area (Å²) in [5, 5.41) is 7.50. The van der Waals surface area contributed by atoms with E-state index in [-0.39, 0.29) is 5.91 Å². The van der Waals surface area contributed by atoms with Gasteiger partial charge in [-0.1, -0.05) is 6.92 Å². The van der Waals surface area contributed by atoms with Gasteiger partial charge in [0.05, 0.1) is 0 Å². The first-order chi connectivity index (χ1) is 10.7. The third kappa shape index (κ3) is 2.46. The van der Waals surface area contributed by atoms with Gasteiger partial charge in [0.25, 0.3) is 0 Å². The van der Waals surface area contributed by atoms with E-state index in [0.717, 1.165) is 24.2 Å². The van der Waals surface area contributed by atoms with Crippen LogP contribution < -0.4 is 5.32 Å². The van der Waals surface area contributed by atoms with Crippen LogP contribution in [-0.2, 0) is 11.3 Å². The van der Waals surface area contributed by atoms with E-state index in [1.807, 2.05) is 12.3 Å². The van der Waals surface area contributed by atoms with Crippen LogP contribution in [0.3, 0.4) is 0 Å². The lowest BCUT2D eigenvalue weighted by Crippen LogP contribution is -2.57. The molecular formula is C18H27N3O. The van der Waals surface area contributed by atoms with Gasteiger partial charge in [0.15, 0.2) is 0 Å². The molecule has 4 nitrogen and oxygen atoms in total. The summed E-state index contributed by atoms with van der Waals surface area (Å²) < 4.78 is 1.71. The maximum atomic E-state index is 12.4. The summed E-state index contributed by atoms with van der Waals surface area (Å²) in [5.74, 6) is 2.92. The third-order valence-corrected chi connectivity index (χ3v) is 6.43. The second-order valence-electron chi connectivity index (χ2n) is 8.01. The van der Waals surface area contributed by atoms with Crippen molar-refractivity contribution in [2.24, 2.45) is 23.2 Å². The van der Waals surface area contributed by atoms with Crippen molar-refractivity contribution in [3.05, 3.63) is 18.5 Å². The van der Waals surface area contributed by atoms with Crippen molar-refractivity contribution >= 4 is 5.91 Å². The second-order valence-corrected chi connectivity index (χ2v) is 8.01. The van der Waals surface area contributed by atoms with E-state index in [1.54, 1.807) is 10.9 Å². The molecule has 1 atom stereocenters. The maximum Gasteiger partial charge on any atom is 0.241 e. The highest BCUT2D eigenvalue weighted by molar-refractivity contribution is 5.76. The summed E-state index contributed by atoms with van der Waals surface area (Å²) in [5.41, 5.74) is 0.392. The zero-order valence-corrected chi connectivity index (χ0v) is 13.5. The molecule has 0 unspecified atom stereocenters. The predicted octanol–water partition coefficient (Wildman–Crippen LogP) is 2.99. The summed E-state index contributed by atoms with van der Waals surface area (Å²) in [4.78, 5) is 12.4. The number of aromatic nitrogens is 2. The zero-order valence-electron chi connectivity index (χ0n) is 13.5. The van der Waals surface area contributed by atoms with Crippen molar-refractivity contribution in [2.75, 3.05) is 0 Å². The van der Waals surface area contributed by atoms with Crippen molar-refractivity contribution in [2.45, 2.75) is 64.5 Å². The number of carbonyl (C=O) groups excluding carboxylic acids is 1. The molecule has 1 N–H and O–H groups in total. The van der Waals surface area contributed by atoms with Crippen molar-refractivity contribution in [3.8, 4) is 0 Å². The number of hydrogen-bond donors (Lipinski definition) is 1. The minimum Gasteiger partial charge on any atom is -0.351 e. The van der Waals surface area contributed by atoms with Crippen molar-refractivity contribution < 1.29 is 4.79 Å². The fourth-order valence-electron chi connectivity index (χ4n) is 6.07. The van der Waals surface area contributed by atoms with Crippen LogP contribution in [0.1, 0.15) is 51.9 Å². The fraction of sp³-hybridized carbons (Fsp3) is 0.778. The molecule has 4 heteroatoms. The molecule has 4 fully saturated rings. The third-order valence-electron chi connectivity index (χ3n) is 6.43. The van der Waals surface area contributed by atoms with Gasteiger partial charge in [0.1, 0.15) is 6.54 Å². The molecule has 22 heavy (non-hydrogen) atoms. The lowest BCUT2D eigenvalue weighted by molar-refractivity contribution is -0.127. The first-order valence-corrected chi connectivity index (χ1v) is 8.93. The van der Waals surface area contributed by atoms with Gasteiger partial charge in [0.2, 0.25) is 5.91 Å². The molecule has 5 rings (SSSR count). The summed E-state index contributed by atoms with van der Waals surface area (Å²) >= 11 is 0. The molecule has 4 aliphatic rings. The molecule has 4 bridgehead atoms. The van der Waals surface area contributed by atoms with Crippen LogP contribution in [0.2, 0.25) is 0 Å². The summed E-state index contributed by atoms with van der Waals surface area (Å²) in [6, 6.07) is 2.22. The summed E-state index contributed by atoms with van der Waals surface area (Å²) in [6.07, 6.45) is 13.0. The Balaban J connectivity index is 1.46. The Morgan fingerprint density at radius 1 is 1.27 bits per heavy atom. The Morgan fingerprint density at radius 3 is 2.41 bits per heavy atom. The summed E-state index contributed by atoms with van der Waals surface area (Å²) in [6.45, 7) is 2.58. The van der Waals surface area contributed by atoms with Gasteiger partial charge in [-0.25, -0.2) is 0 Å². The van der Waals surface area contributed by atoms with E-state index >= 15 is 0 Å². The van der Waals surface area contributed by atoms with Crippen molar-refractivity contribution in [1.82, 2.24) is 15.1 Å². The SMILES string of the molecule is CC[C@@H](NC(=O)Cn1cccn1)C12CC3CC(CC(C3)C1)C2. The highest BCUT2D eigenvalue weighted by Gasteiger charge is 2.53.